The van der Waals surface area contributed by atoms with Crippen molar-refractivity contribution in [2.45, 2.75) is 12.8 Å². The third-order valence-electron chi connectivity index (χ3n) is 2.49. The van der Waals surface area contributed by atoms with E-state index in [0.717, 1.165) is 17.7 Å². The monoisotopic (exact) mass is 278 g/mol. The summed E-state index contributed by atoms with van der Waals surface area (Å²) in [5.74, 6) is 0.000211. The molecule has 0 fully saturated rings. The van der Waals surface area contributed by atoms with Crippen molar-refractivity contribution in [1.29, 1.82) is 5.26 Å². The van der Waals surface area contributed by atoms with Crippen LogP contribution in [0.5, 0.6) is 5.75 Å². The Kier molecular flexibility index (Phi) is 3.89. The van der Waals surface area contributed by atoms with Crippen LogP contribution in [0.4, 0.5) is 13.2 Å². The molecule has 0 radical (unpaired) electrons. The number of halogens is 3. The maximum absolute atomic E-state index is 12.7. The lowest BCUT2D eigenvalue weighted by molar-refractivity contribution is -0.137. The van der Waals surface area contributed by atoms with Gasteiger partial charge < -0.3 is 4.74 Å². The van der Waals surface area contributed by atoms with E-state index in [2.05, 4.69) is 4.98 Å². The van der Waals surface area contributed by atoms with Gasteiger partial charge in [-0.25, -0.2) is 0 Å². The number of benzene rings is 1. The molecule has 20 heavy (non-hydrogen) atoms. The molecule has 0 N–H and O–H groups in total. The lowest BCUT2D eigenvalue weighted by Gasteiger charge is -2.11. The molecule has 0 bridgehead atoms. The van der Waals surface area contributed by atoms with Gasteiger partial charge in [0.25, 0.3) is 0 Å². The van der Waals surface area contributed by atoms with E-state index in [-0.39, 0.29) is 17.9 Å². The zero-order valence-corrected chi connectivity index (χ0v) is 10.2. The minimum absolute atomic E-state index is 0.000211. The maximum Gasteiger partial charge on any atom is 0.416 e. The Morgan fingerprint density at radius 2 is 2.05 bits per heavy atom. The van der Waals surface area contributed by atoms with Gasteiger partial charge in [0.05, 0.1) is 17.2 Å². The highest BCUT2D eigenvalue weighted by atomic mass is 19.4. The van der Waals surface area contributed by atoms with E-state index < -0.39 is 11.7 Å². The average Bonchev–Trinajstić information content (AvgIpc) is 2.45. The van der Waals surface area contributed by atoms with Gasteiger partial charge in [-0.15, -0.1) is 0 Å². The Morgan fingerprint density at radius 3 is 2.65 bits per heavy atom. The van der Waals surface area contributed by atoms with Gasteiger partial charge in [-0.2, -0.15) is 18.4 Å². The Morgan fingerprint density at radius 1 is 1.25 bits per heavy atom. The molecule has 1 aromatic heterocycles. The van der Waals surface area contributed by atoms with E-state index in [1.807, 2.05) is 0 Å². The summed E-state index contributed by atoms with van der Waals surface area (Å²) in [6.45, 7) is 0.0834. The van der Waals surface area contributed by atoms with Crippen molar-refractivity contribution in [3.63, 3.8) is 0 Å². The standard InChI is InChI=1S/C14H9F3N2O/c15-14(16,17)12-4-11(7-18)5-13(6-12)20-9-10-2-1-3-19-8-10/h1-6,8H,9H2. The second-order valence-electron chi connectivity index (χ2n) is 4.01. The van der Waals surface area contributed by atoms with Gasteiger partial charge in [-0.1, -0.05) is 6.07 Å². The van der Waals surface area contributed by atoms with Crippen molar-refractivity contribution in [1.82, 2.24) is 4.98 Å². The molecule has 0 amide bonds. The van der Waals surface area contributed by atoms with Gasteiger partial charge in [0.15, 0.2) is 0 Å². The predicted molar refractivity (Wildman–Crippen MR) is 64.7 cm³/mol. The zero-order valence-electron chi connectivity index (χ0n) is 10.2. The van der Waals surface area contributed by atoms with E-state index in [1.165, 1.54) is 6.07 Å². The lowest BCUT2D eigenvalue weighted by Crippen LogP contribution is -2.06. The van der Waals surface area contributed by atoms with Crippen LogP contribution in [0, 0.1) is 11.3 Å². The highest BCUT2D eigenvalue weighted by molar-refractivity contribution is 5.41. The van der Waals surface area contributed by atoms with Crippen molar-refractivity contribution < 1.29 is 17.9 Å². The largest absolute Gasteiger partial charge is 0.489 e. The van der Waals surface area contributed by atoms with E-state index in [4.69, 9.17) is 10.00 Å². The molecule has 1 aromatic carbocycles. The Balaban J connectivity index is 2.22. The maximum atomic E-state index is 12.7. The number of aromatic nitrogens is 1. The molecule has 0 aliphatic heterocycles. The quantitative estimate of drug-likeness (QED) is 0.862. The van der Waals surface area contributed by atoms with Crippen molar-refractivity contribution >= 4 is 0 Å². The first-order valence-electron chi connectivity index (χ1n) is 5.63. The van der Waals surface area contributed by atoms with Crippen molar-refractivity contribution in [3.8, 4) is 11.8 Å². The molecule has 3 nitrogen and oxygen atoms in total. The Labute approximate surface area is 113 Å². The van der Waals surface area contributed by atoms with Crippen LogP contribution in [0.1, 0.15) is 16.7 Å². The normalized spacial score (nSPS) is 10.9. The summed E-state index contributed by atoms with van der Waals surface area (Å²) in [6, 6.07) is 8.06. The first-order chi connectivity index (χ1) is 9.49. The van der Waals surface area contributed by atoms with Crippen molar-refractivity contribution in [3.05, 3.63) is 59.4 Å². The molecule has 2 aromatic rings. The van der Waals surface area contributed by atoms with E-state index >= 15 is 0 Å². The Hall–Kier alpha value is -2.55. The predicted octanol–water partition coefficient (Wildman–Crippen LogP) is 3.55. The molecule has 0 saturated carbocycles. The number of hydrogen-bond donors (Lipinski definition) is 0. The molecule has 0 spiro atoms. The fourth-order valence-corrected chi connectivity index (χ4v) is 1.56. The molecule has 6 heteroatoms. The average molecular weight is 278 g/mol. The number of nitriles is 1. The van der Waals surface area contributed by atoms with Gasteiger partial charge in [0, 0.05) is 18.0 Å². The molecule has 0 aliphatic carbocycles. The number of alkyl halides is 3. The SMILES string of the molecule is N#Cc1cc(OCc2cccnc2)cc(C(F)(F)F)c1. The number of hydrogen-bond acceptors (Lipinski definition) is 3. The molecular formula is C14H9F3N2O. The first-order valence-corrected chi connectivity index (χ1v) is 5.63. The van der Waals surface area contributed by atoms with Crippen molar-refractivity contribution in [2.75, 3.05) is 0 Å². The summed E-state index contributed by atoms with van der Waals surface area (Å²) in [7, 11) is 0. The van der Waals surface area contributed by atoms with Gasteiger partial charge in [-0.05, 0) is 24.3 Å². The Bertz CT molecular complexity index is 633. The lowest BCUT2D eigenvalue weighted by atomic mass is 10.1. The topological polar surface area (TPSA) is 45.9 Å². The molecule has 0 aliphatic rings. The summed E-state index contributed by atoms with van der Waals surface area (Å²) >= 11 is 0. The third kappa shape index (κ3) is 3.48. The smallest absolute Gasteiger partial charge is 0.416 e. The van der Waals surface area contributed by atoms with Gasteiger partial charge in [-0.3, -0.25) is 4.98 Å². The molecule has 1 heterocycles. The van der Waals surface area contributed by atoms with Crippen LogP contribution in [0.15, 0.2) is 42.7 Å². The van der Waals surface area contributed by atoms with Gasteiger partial charge in [0.1, 0.15) is 12.4 Å². The highest BCUT2D eigenvalue weighted by Gasteiger charge is 2.31. The third-order valence-corrected chi connectivity index (χ3v) is 2.49. The molecule has 0 saturated heterocycles. The van der Waals surface area contributed by atoms with Crippen molar-refractivity contribution in [2.24, 2.45) is 0 Å². The molecule has 0 atom stereocenters. The van der Waals surface area contributed by atoms with Crippen LogP contribution in [0.3, 0.4) is 0 Å². The summed E-state index contributed by atoms with van der Waals surface area (Å²) in [4.78, 5) is 3.88. The van der Waals surface area contributed by atoms with Crippen LogP contribution < -0.4 is 4.74 Å². The molecular weight excluding hydrogens is 269 g/mol. The number of rotatable bonds is 3. The van der Waals surface area contributed by atoms with Crippen LogP contribution in [-0.2, 0) is 12.8 Å². The van der Waals surface area contributed by atoms with E-state index in [9.17, 15) is 13.2 Å². The summed E-state index contributed by atoms with van der Waals surface area (Å²) in [5, 5.41) is 8.75. The minimum Gasteiger partial charge on any atom is -0.489 e. The zero-order chi connectivity index (χ0) is 14.6. The van der Waals surface area contributed by atoms with Crippen LogP contribution in [0.2, 0.25) is 0 Å². The second kappa shape index (κ2) is 5.61. The molecule has 0 unspecified atom stereocenters. The highest BCUT2D eigenvalue weighted by Crippen LogP contribution is 2.32. The fraction of sp³-hybridized carbons (Fsp3) is 0.143. The second-order valence-corrected chi connectivity index (χ2v) is 4.01. The van der Waals surface area contributed by atoms with Gasteiger partial charge in [0.2, 0.25) is 0 Å². The van der Waals surface area contributed by atoms with Crippen LogP contribution in [-0.4, -0.2) is 4.98 Å². The summed E-state index contributed by atoms with van der Waals surface area (Å²) < 4.78 is 43.3. The molecule has 2 rings (SSSR count). The van der Waals surface area contributed by atoms with E-state index in [0.29, 0.717) is 0 Å². The summed E-state index contributed by atoms with van der Waals surface area (Å²) in [6.07, 6.45) is -1.38. The summed E-state index contributed by atoms with van der Waals surface area (Å²) in [5.41, 5.74) is -0.276. The number of ether oxygens (including phenoxy) is 1. The molecule has 102 valence electrons. The van der Waals surface area contributed by atoms with Gasteiger partial charge >= 0.3 is 6.18 Å². The minimum atomic E-state index is -4.51. The fourth-order valence-electron chi connectivity index (χ4n) is 1.56. The number of nitrogens with zero attached hydrogens (tertiary/aromatic N) is 2. The first kappa shape index (κ1) is 13.9. The van der Waals surface area contributed by atoms with Crippen LogP contribution >= 0.6 is 0 Å². The van der Waals surface area contributed by atoms with E-state index in [1.54, 1.807) is 30.6 Å². The van der Waals surface area contributed by atoms with Crippen LogP contribution in [0.25, 0.3) is 0 Å². The number of pyridine rings is 1.